The van der Waals surface area contributed by atoms with E-state index in [2.05, 4.69) is 21.6 Å². The zero-order valence-corrected chi connectivity index (χ0v) is 15.5. The Kier molecular flexibility index (Phi) is 6.37. The average Bonchev–Trinajstić information content (AvgIpc) is 3.22. The Morgan fingerprint density at radius 3 is 2.60 bits per heavy atom. The molecular formula is C19H31N3O3. The quantitative estimate of drug-likeness (QED) is 0.828. The van der Waals surface area contributed by atoms with Crippen molar-refractivity contribution in [3.63, 3.8) is 0 Å². The number of hydrogen-bond acceptors (Lipinski definition) is 4. The molecule has 2 aliphatic heterocycles. The van der Waals surface area contributed by atoms with Crippen molar-refractivity contribution in [3.05, 3.63) is 23.2 Å². The minimum absolute atomic E-state index is 0.0672. The number of rotatable bonds is 6. The van der Waals surface area contributed by atoms with E-state index in [0.29, 0.717) is 12.5 Å². The molecule has 2 saturated heterocycles. The van der Waals surface area contributed by atoms with Crippen LogP contribution in [0.1, 0.15) is 42.8 Å². The molecule has 25 heavy (non-hydrogen) atoms. The van der Waals surface area contributed by atoms with Gasteiger partial charge in [0.15, 0.2) is 0 Å². The van der Waals surface area contributed by atoms with Crippen LogP contribution < -0.4 is 10.6 Å². The van der Waals surface area contributed by atoms with E-state index in [1.54, 1.807) is 0 Å². The highest BCUT2D eigenvalue weighted by atomic mass is 16.5. The van der Waals surface area contributed by atoms with Crippen LogP contribution in [0.15, 0.2) is 10.5 Å². The minimum atomic E-state index is -0.0672. The predicted octanol–water partition coefficient (Wildman–Crippen LogP) is 2.59. The fourth-order valence-corrected chi connectivity index (χ4v) is 3.74. The smallest absolute Gasteiger partial charge is 0.314 e. The highest BCUT2D eigenvalue weighted by Gasteiger charge is 2.21. The summed E-state index contributed by atoms with van der Waals surface area (Å²) in [6, 6.07) is 2.07. The summed E-state index contributed by atoms with van der Waals surface area (Å²) in [4.78, 5) is 14.4. The second-order valence-electron chi connectivity index (χ2n) is 7.38. The van der Waals surface area contributed by atoms with Crippen LogP contribution in [0.3, 0.4) is 0 Å². The van der Waals surface area contributed by atoms with Gasteiger partial charge in [-0.05, 0) is 64.6 Å². The molecule has 140 valence electrons. The van der Waals surface area contributed by atoms with Gasteiger partial charge in [-0.3, -0.25) is 4.90 Å². The Labute approximate surface area is 150 Å². The first-order valence-electron chi connectivity index (χ1n) is 9.51. The van der Waals surface area contributed by atoms with Crippen LogP contribution in [0.5, 0.6) is 0 Å². The largest absolute Gasteiger partial charge is 0.466 e. The lowest BCUT2D eigenvalue weighted by Gasteiger charge is -2.31. The molecule has 1 aromatic heterocycles. The maximum atomic E-state index is 11.9. The molecule has 3 rings (SSSR count). The van der Waals surface area contributed by atoms with Gasteiger partial charge in [-0.25, -0.2) is 4.79 Å². The van der Waals surface area contributed by atoms with Gasteiger partial charge >= 0.3 is 6.03 Å². The normalized spacial score (nSPS) is 22.2. The summed E-state index contributed by atoms with van der Waals surface area (Å²) in [6.45, 7) is 9.35. The molecule has 0 aromatic carbocycles. The van der Waals surface area contributed by atoms with Crippen molar-refractivity contribution in [3.8, 4) is 0 Å². The number of nitrogens with zero attached hydrogens (tertiary/aromatic N) is 1. The van der Waals surface area contributed by atoms with Gasteiger partial charge < -0.3 is 19.8 Å². The van der Waals surface area contributed by atoms with E-state index in [1.165, 1.54) is 5.56 Å². The molecule has 0 spiro atoms. The Morgan fingerprint density at radius 2 is 1.96 bits per heavy atom. The zero-order valence-electron chi connectivity index (χ0n) is 15.5. The minimum Gasteiger partial charge on any atom is -0.466 e. The van der Waals surface area contributed by atoms with Crippen molar-refractivity contribution < 1.29 is 13.9 Å². The molecule has 1 unspecified atom stereocenters. The topological polar surface area (TPSA) is 66.7 Å². The molecule has 0 aliphatic carbocycles. The third-order valence-corrected chi connectivity index (χ3v) is 5.31. The molecule has 1 aromatic rings. The molecule has 2 N–H and O–H groups in total. The van der Waals surface area contributed by atoms with Crippen molar-refractivity contribution in [2.24, 2.45) is 5.92 Å². The Morgan fingerprint density at radius 1 is 1.20 bits per heavy atom. The van der Waals surface area contributed by atoms with Gasteiger partial charge in [-0.2, -0.15) is 0 Å². The molecule has 2 fully saturated rings. The number of carbonyl (C=O) groups excluding carboxylic acids is 1. The maximum absolute atomic E-state index is 11.9. The number of furan rings is 1. The summed E-state index contributed by atoms with van der Waals surface area (Å²) in [5.74, 6) is 2.58. The van der Waals surface area contributed by atoms with Crippen LogP contribution in [-0.2, 0) is 11.3 Å². The zero-order chi connectivity index (χ0) is 17.6. The van der Waals surface area contributed by atoms with E-state index in [4.69, 9.17) is 9.15 Å². The van der Waals surface area contributed by atoms with Gasteiger partial charge in [-0.15, -0.1) is 0 Å². The van der Waals surface area contributed by atoms with E-state index in [0.717, 1.165) is 70.0 Å². The van der Waals surface area contributed by atoms with Crippen molar-refractivity contribution in [2.45, 2.75) is 52.2 Å². The molecule has 0 saturated carbocycles. The van der Waals surface area contributed by atoms with Crippen LogP contribution in [0.4, 0.5) is 4.79 Å². The van der Waals surface area contributed by atoms with Gasteiger partial charge in [-0.1, -0.05) is 0 Å². The highest BCUT2D eigenvalue weighted by Crippen LogP contribution is 2.21. The van der Waals surface area contributed by atoms with Gasteiger partial charge in [0.1, 0.15) is 11.5 Å². The Hall–Kier alpha value is -1.53. The standard InChI is InChI=1S/C19H31N3O3/c1-14-10-17(15(2)25-14)13-22-7-5-16(6-8-22)11-20-19(23)21-12-18-4-3-9-24-18/h10,16,18H,3-9,11-13H2,1-2H3,(H2,20,21,23). The first kappa shape index (κ1) is 18.3. The van der Waals surface area contributed by atoms with Crippen molar-refractivity contribution in [2.75, 3.05) is 32.8 Å². The summed E-state index contributed by atoms with van der Waals surface area (Å²) in [6.07, 6.45) is 4.60. The third-order valence-electron chi connectivity index (χ3n) is 5.31. The summed E-state index contributed by atoms with van der Waals surface area (Å²) < 4.78 is 11.1. The average molecular weight is 349 g/mol. The van der Waals surface area contributed by atoms with Crippen LogP contribution in [0.25, 0.3) is 0 Å². The number of nitrogens with one attached hydrogen (secondary N) is 2. The number of piperidine rings is 1. The summed E-state index contributed by atoms with van der Waals surface area (Å²) in [5.41, 5.74) is 1.29. The second kappa shape index (κ2) is 8.72. The molecule has 2 amide bonds. The monoisotopic (exact) mass is 349 g/mol. The van der Waals surface area contributed by atoms with E-state index >= 15 is 0 Å². The van der Waals surface area contributed by atoms with Gasteiger partial charge in [0.05, 0.1) is 6.10 Å². The maximum Gasteiger partial charge on any atom is 0.314 e. The lowest BCUT2D eigenvalue weighted by Crippen LogP contribution is -2.43. The van der Waals surface area contributed by atoms with Crippen LogP contribution >= 0.6 is 0 Å². The lowest BCUT2D eigenvalue weighted by molar-refractivity contribution is 0.111. The van der Waals surface area contributed by atoms with E-state index in [1.807, 2.05) is 13.8 Å². The fourth-order valence-electron chi connectivity index (χ4n) is 3.74. The fraction of sp³-hybridized carbons (Fsp3) is 0.737. The van der Waals surface area contributed by atoms with E-state index < -0.39 is 0 Å². The number of ether oxygens (including phenoxy) is 1. The summed E-state index contributed by atoms with van der Waals surface area (Å²) in [5, 5.41) is 5.93. The molecule has 6 nitrogen and oxygen atoms in total. The molecule has 0 radical (unpaired) electrons. The predicted molar refractivity (Wildman–Crippen MR) is 96.6 cm³/mol. The summed E-state index contributed by atoms with van der Waals surface area (Å²) in [7, 11) is 0. The van der Waals surface area contributed by atoms with E-state index in [9.17, 15) is 4.79 Å². The first-order valence-corrected chi connectivity index (χ1v) is 9.51. The number of amides is 2. The van der Waals surface area contributed by atoms with Crippen LogP contribution in [0, 0.1) is 19.8 Å². The molecule has 0 bridgehead atoms. The molecule has 3 heterocycles. The van der Waals surface area contributed by atoms with Crippen molar-refractivity contribution in [1.82, 2.24) is 15.5 Å². The number of hydrogen-bond donors (Lipinski definition) is 2. The van der Waals surface area contributed by atoms with Crippen molar-refractivity contribution in [1.29, 1.82) is 0 Å². The summed E-state index contributed by atoms with van der Waals surface area (Å²) >= 11 is 0. The second-order valence-corrected chi connectivity index (χ2v) is 7.38. The van der Waals surface area contributed by atoms with Crippen LogP contribution in [0.2, 0.25) is 0 Å². The van der Waals surface area contributed by atoms with Crippen LogP contribution in [-0.4, -0.2) is 49.8 Å². The molecular weight excluding hydrogens is 318 g/mol. The van der Waals surface area contributed by atoms with Crippen molar-refractivity contribution >= 4 is 6.03 Å². The number of likely N-dealkylation sites (tertiary alicyclic amines) is 1. The molecule has 6 heteroatoms. The number of aryl methyl sites for hydroxylation is 2. The van der Waals surface area contributed by atoms with Gasteiger partial charge in [0.2, 0.25) is 0 Å². The van der Waals surface area contributed by atoms with Gasteiger partial charge in [0, 0.05) is 31.8 Å². The van der Waals surface area contributed by atoms with E-state index in [-0.39, 0.29) is 12.1 Å². The number of urea groups is 1. The number of carbonyl (C=O) groups is 1. The highest BCUT2D eigenvalue weighted by molar-refractivity contribution is 5.73. The molecule has 2 aliphatic rings. The van der Waals surface area contributed by atoms with Gasteiger partial charge in [0.25, 0.3) is 0 Å². The first-order chi connectivity index (χ1) is 12.1. The Balaban J connectivity index is 1.31. The third kappa shape index (κ3) is 5.47. The Bertz CT molecular complexity index is 558. The lowest BCUT2D eigenvalue weighted by atomic mass is 9.96. The molecule has 1 atom stereocenters. The SMILES string of the molecule is Cc1cc(CN2CCC(CNC(=O)NCC3CCCO3)CC2)c(C)o1.